The summed E-state index contributed by atoms with van der Waals surface area (Å²) in [4.78, 5) is 10.6. The largest absolute Gasteiger partial charge is 0.458 e. The topological polar surface area (TPSA) is 26.3 Å². The lowest BCUT2D eigenvalue weighted by Gasteiger charge is -2.27. The number of hydrogen-bond acceptors (Lipinski definition) is 2. The van der Waals surface area contributed by atoms with Crippen molar-refractivity contribution in [1.82, 2.24) is 0 Å². The zero-order chi connectivity index (χ0) is 9.19. The highest BCUT2D eigenvalue weighted by Crippen LogP contribution is 2.30. The van der Waals surface area contributed by atoms with Crippen LogP contribution in [0.25, 0.3) is 0 Å². The van der Waals surface area contributed by atoms with Gasteiger partial charge in [0.2, 0.25) is 0 Å². The first-order valence-electron chi connectivity index (χ1n) is 4.36. The molecule has 0 aromatic rings. The van der Waals surface area contributed by atoms with Crippen LogP contribution in [0.5, 0.6) is 0 Å². The van der Waals surface area contributed by atoms with E-state index in [1.807, 2.05) is 6.08 Å². The highest BCUT2D eigenvalue weighted by Gasteiger charge is 2.22. The molecular formula is C10H16O2. The molecule has 0 aromatic carbocycles. The van der Waals surface area contributed by atoms with Gasteiger partial charge in [0.05, 0.1) is 0 Å². The standard InChI is InChI=1S/C10H16O2/c1-8(11)12-9-4-6-10(2,3)7-5-9/h4,6,9H,5,7H2,1-3H3/t9-/m1/s1. The van der Waals surface area contributed by atoms with Gasteiger partial charge >= 0.3 is 5.97 Å². The molecule has 0 radical (unpaired) electrons. The summed E-state index contributed by atoms with van der Waals surface area (Å²) >= 11 is 0. The van der Waals surface area contributed by atoms with E-state index in [-0.39, 0.29) is 17.5 Å². The molecule has 68 valence electrons. The fourth-order valence-electron chi connectivity index (χ4n) is 1.37. The molecule has 1 atom stereocenters. The van der Waals surface area contributed by atoms with E-state index in [9.17, 15) is 4.79 Å². The van der Waals surface area contributed by atoms with Crippen molar-refractivity contribution in [2.75, 3.05) is 0 Å². The van der Waals surface area contributed by atoms with E-state index in [1.165, 1.54) is 6.92 Å². The Morgan fingerprint density at radius 3 is 2.67 bits per heavy atom. The van der Waals surface area contributed by atoms with Crippen molar-refractivity contribution in [2.45, 2.75) is 39.7 Å². The maximum atomic E-state index is 10.6. The highest BCUT2D eigenvalue weighted by atomic mass is 16.5. The fourth-order valence-corrected chi connectivity index (χ4v) is 1.37. The van der Waals surface area contributed by atoms with Crippen molar-refractivity contribution in [3.63, 3.8) is 0 Å². The maximum absolute atomic E-state index is 10.6. The number of allylic oxidation sites excluding steroid dienone is 1. The van der Waals surface area contributed by atoms with Gasteiger partial charge in [-0.2, -0.15) is 0 Å². The molecule has 0 unspecified atom stereocenters. The van der Waals surface area contributed by atoms with Gasteiger partial charge in [-0.1, -0.05) is 19.9 Å². The molecular weight excluding hydrogens is 152 g/mol. The fraction of sp³-hybridized carbons (Fsp3) is 0.700. The van der Waals surface area contributed by atoms with Crippen LogP contribution in [0.1, 0.15) is 33.6 Å². The first-order valence-corrected chi connectivity index (χ1v) is 4.36. The molecule has 2 nitrogen and oxygen atoms in total. The molecule has 1 aliphatic rings. The Kier molecular flexibility index (Phi) is 2.55. The molecule has 12 heavy (non-hydrogen) atoms. The maximum Gasteiger partial charge on any atom is 0.303 e. The minimum Gasteiger partial charge on any atom is -0.458 e. The second-order valence-corrected chi connectivity index (χ2v) is 4.03. The van der Waals surface area contributed by atoms with Gasteiger partial charge in [0, 0.05) is 6.92 Å². The van der Waals surface area contributed by atoms with Gasteiger partial charge in [-0.05, 0) is 24.3 Å². The van der Waals surface area contributed by atoms with Gasteiger partial charge in [0.1, 0.15) is 6.10 Å². The van der Waals surface area contributed by atoms with Crippen LogP contribution in [0.4, 0.5) is 0 Å². The molecule has 1 aliphatic carbocycles. The van der Waals surface area contributed by atoms with Crippen LogP contribution in [0.3, 0.4) is 0 Å². The third-order valence-corrected chi connectivity index (χ3v) is 2.15. The van der Waals surface area contributed by atoms with Gasteiger partial charge in [0.25, 0.3) is 0 Å². The second-order valence-electron chi connectivity index (χ2n) is 4.03. The first-order chi connectivity index (χ1) is 5.49. The van der Waals surface area contributed by atoms with E-state index in [2.05, 4.69) is 19.9 Å². The summed E-state index contributed by atoms with van der Waals surface area (Å²) in [5.74, 6) is -0.190. The van der Waals surface area contributed by atoms with E-state index in [1.54, 1.807) is 0 Å². The van der Waals surface area contributed by atoms with Crippen LogP contribution in [-0.4, -0.2) is 12.1 Å². The predicted molar refractivity (Wildman–Crippen MR) is 47.7 cm³/mol. The zero-order valence-electron chi connectivity index (χ0n) is 7.96. The van der Waals surface area contributed by atoms with E-state index < -0.39 is 0 Å². The Hall–Kier alpha value is -0.790. The van der Waals surface area contributed by atoms with Gasteiger partial charge in [-0.25, -0.2) is 0 Å². The van der Waals surface area contributed by atoms with E-state index in [0.717, 1.165) is 12.8 Å². The van der Waals surface area contributed by atoms with Crippen LogP contribution < -0.4 is 0 Å². The molecule has 0 N–H and O–H groups in total. The minimum atomic E-state index is -0.190. The van der Waals surface area contributed by atoms with Gasteiger partial charge in [0.15, 0.2) is 0 Å². The van der Waals surface area contributed by atoms with E-state index in [0.29, 0.717) is 0 Å². The van der Waals surface area contributed by atoms with Crippen molar-refractivity contribution in [2.24, 2.45) is 5.41 Å². The van der Waals surface area contributed by atoms with E-state index in [4.69, 9.17) is 4.74 Å². The molecule has 0 spiro atoms. The molecule has 0 aliphatic heterocycles. The van der Waals surface area contributed by atoms with Crippen LogP contribution in [0, 0.1) is 5.41 Å². The average molecular weight is 168 g/mol. The Labute approximate surface area is 73.6 Å². The Bertz CT molecular complexity index is 204. The third kappa shape index (κ3) is 2.68. The quantitative estimate of drug-likeness (QED) is 0.443. The summed E-state index contributed by atoms with van der Waals surface area (Å²) in [7, 11) is 0. The summed E-state index contributed by atoms with van der Waals surface area (Å²) in [5, 5.41) is 0. The number of carbonyl (C=O) groups is 1. The second kappa shape index (κ2) is 3.30. The molecule has 0 amide bonds. The Morgan fingerprint density at radius 2 is 2.25 bits per heavy atom. The van der Waals surface area contributed by atoms with Crippen molar-refractivity contribution in [3.05, 3.63) is 12.2 Å². The lowest BCUT2D eigenvalue weighted by atomic mass is 9.82. The van der Waals surface area contributed by atoms with Gasteiger partial charge in [-0.15, -0.1) is 0 Å². The number of carbonyl (C=O) groups excluding carboxylic acids is 1. The first kappa shape index (κ1) is 9.30. The van der Waals surface area contributed by atoms with Crippen LogP contribution >= 0.6 is 0 Å². The normalized spacial score (nSPS) is 26.8. The molecule has 0 heterocycles. The number of rotatable bonds is 1. The number of esters is 1. The van der Waals surface area contributed by atoms with Crippen molar-refractivity contribution in [1.29, 1.82) is 0 Å². The smallest absolute Gasteiger partial charge is 0.303 e. The summed E-state index contributed by atoms with van der Waals surface area (Å²) < 4.78 is 5.06. The minimum absolute atomic E-state index is 0.00975. The van der Waals surface area contributed by atoms with E-state index >= 15 is 0 Å². The molecule has 0 aromatic heterocycles. The average Bonchev–Trinajstić information content (AvgIpc) is 1.93. The number of ether oxygens (including phenoxy) is 1. The Morgan fingerprint density at radius 1 is 1.58 bits per heavy atom. The van der Waals surface area contributed by atoms with Gasteiger partial charge < -0.3 is 4.74 Å². The summed E-state index contributed by atoms with van der Waals surface area (Å²) in [6.07, 6.45) is 6.16. The molecule has 2 heteroatoms. The van der Waals surface area contributed by atoms with Crippen LogP contribution in [0.2, 0.25) is 0 Å². The summed E-state index contributed by atoms with van der Waals surface area (Å²) in [6.45, 7) is 5.83. The Balaban J connectivity index is 2.48. The van der Waals surface area contributed by atoms with Crippen molar-refractivity contribution < 1.29 is 9.53 Å². The SMILES string of the molecule is CC(=O)O[C@@H]1C=CC(C)(C)CC1. The lowest BCUT2D eigenvalue weighted by molar-refractivity contribution is -0.144. The summed E-state index contributed by atoms with van der Waals surface area (Å²) in [6, 6.07) is 0. The number of hydrogen-bond donors (Lipinski definition) is 0. The molecule has 0 saturated carbocycles. The predicted octanol–water partition coefficient (Wildman–Crippen LogP) is 2.29. The lowest BCUT2D eigenvalue weighted by Crippen LogP contribution is -2.22. The summed E-state index contributed by atoms with van der Waals surface area (Å²) in [5.41, 5.74) is 0.274. The van der Waals surface area contributed by atoms with Crippen LogP contribution in [0.15, 0.2) is 12.2 Å². The molecule has 1 rings (SSSR count). The third-order valence-electron chi connectivity index (χ3n) is 2.15. The van der Waals surface area contributed by atoms with Crippen molar-refractivity contribution in [3.8, 4) is 0 Å². The molecule has 0 fully saturated rings. The van der Waals surface area contributed by atoms with Gasteiger partial charge in [-0.3, -0.25) is 4.79 Å². The zero-order valence-corrected chi connectivity index (χ0v) is 7.96. The monoisotopic (exact) mass is 168 g/mol. The molecule has 0 bridgehead atoms. The van der Waals surface area contributed by atoms with Crippen LogP contribution in [-0.2, 0) is 9.53 Å². The highest BCUT2D eigenvalue weighted by molar-refractivity contribution is 5.66. The molecule has 0 saturated heterocycles. The van der Waals surface area contributed by atoms with Crippen molar-refractivity contribution >= 4 is 5.97 Å².